The van der Waals surface area contributed by atoms with Crippen LogP contribution >= 0.6 is 0 Å². The van der Waals surface area contributed by atoms with E-state index in [2.05, 4.69) is 20.9 Å². The molecule has 10 heteroatoms. The van der Waals surface area contributed by atoms with Crippen molar-refractivity contribution in [2.45, 2.75) is 6.54 Å². The predicted octanol–water partition coefficient (Wildman–Crippen LogP) is 3.60. The first-order chi connectivity index (χ1) is 15.4. The van der Waals surface area contributed by atoms with Gasteiger partial charge in [-0.3, -0.25) is 4.79 Å². The minimum absolute atomic E-state index is 0.0819. The first kappa shape index (κ1) is 22.5. The highest BCUT2D eigenvalue weighted by Gasteiger charge is 2.08. The molecule has 8 nitrogen and oxygen atoms in total. The Bertz CT molecular complexity index is 1090. The summed E-state index contributed by atoms with van der Waals surface area (Å²) in [7, 11) is 1.56. The number of rotatable bonds is 8. The van der Waals surface area contributed by atoms with Gasteiger partial charge in [0.1, 0.15) is 11.5 Å². The number of aromatic nitrogens is 1. The standard InChI is InChI=1S/C22H20F2N4O4/c1-31-16-3-2-4-17(10-16)32-21-8-5-14(11-25-21)12-26-22(30)27-13-20(29)28-15-6-7-18(23)19(24)9-15/h2-11H,12-13H2,1H3,(H,28,29)(H2,26,27,30). The van der Waals surface area contributed by atoms with E-state index in [1.54, 1.807) is 49.7 Å². The Balaban J connectivity index is 1.41. The number of methoxy groups -OCH3 is 1. The van der Waals surface area contributed by atoms with E-state index in [4.69, 9.17) is 9.47 Å². The number of halogens is 2. The monoisotopic (exact) mass is 442 g/mol. The molecule has 0 atom stereocenters. The van der Waals surface area contributed by atoms with Crippen LogP contribution < -0.4 is 25.4 Å². The fraction of sp³-hybridized carbons (Fsp3) is 0.136. The summed E-state index contributed by atoms with van der Waals surface area (Å²) in [5.74, 6) is -1.08. The normalized spacial score (nSPS) is 10.2. The lowest BCUT2D eigenvalue weighted by Crippen LogP contribution is -2.39. The number of ether oxygens (including phenoxy) is 2. The van der Waals surface area contributed by atoms with Crippen molar-refractivity contribution in [3.63, 3.8) is 0 Å². The molecule has 3 N–H and O–H groups in total. The molecule has 0 unspecified atom stereocenters. The van der Waals surface area contributed by atoms with E-state index in [0.29, 0.717) is 22.9 Å². The molecule has 0 aliphatic rings. The molecule has 0 spiro atoms. The van der Waals surface area contributed by atoms with Crippen LogP contribution in [0.2, 0.25) is 0 Å². The number of pyridine rings is 1. The topological polar surface area (TPSA) is 102 Å². The molecule has 0 bridgehead atoms. The van der Waals surface area contributed by atoms with E-state index >= 15 is 0 Å². The number of benzene rings is 2. The van der Waals surface area contributed by atoms with E-state index in [1.807, 2.05) is 0 Å². The fourth-order valence-electron chi connectivity index (χ4n) is 2.55. The highest BCUT2D eigenvalue weighted by molar-refractivity contribution is 5.94. The van der Waals surface area contributed by atoms with E-state index in [0.717, 1.165) is 12.1 Å². The molecule has 0 fully saturated rings. The second-order valence-electron chi connectivity index (χ2n) is 6.50. The number of urea groups is 1. The van der Waals surface area contributed by atoms with Crippen LogP contribution in [0.15, 0.2) is 60.8 Å². The Morgan fingerprint density at radius 3 is 2.50 bits per heavy atom. The number of carbonyl (C=O) groups excluding carboxylic acids is 2. The number of hydrogen-bond acceptors (Lipinski definition) is 5. The van der Waals surface area contributed by atoms with Crippen LogP contribution in [0.3, 0.4) is 0 Å². The lowest BCUT2D eigenvalue weighted by Gasteiger charge is -2.09. The van der Waals surface area contributed by atoms with Gasteiger partial charge in [0.2, 0.25) is 11.8 Å². The van der Waals surface area contributed by atoms with Crippen molar-refractivity contribution in [2.75, 3.05) is 19.0 Å². The van der Waals surface area contributed by atoms with Gasteiger partial charge in [-0.1, -0.05) is 12.1 Å². The largest absolute Gasteiger partial charge is 0.497 e. The van der Waals surface area contributed by atoms with Crippen molar-refractivity contribution in [1.29, 1.82) is 0 Å². The average molecular weight is 442 g/mol. The molecule has 32 heavy (non-hydrogen) atoms. The Morgan fingerprint density at radius 2 is 1.78 bits per heavy atom. The summed E-state index contributed by atoms with van der Waals surface area (Å²) in [5.41, 5.74) is 0.794. The zero-order chi connectivity index (χ0) is 22.9. The van der Waals surface area contributed by atoms with Crippen molar-refractivity contribution < 1.29 is 27.8 Å². The summed E-state index contributed by atoms with van der Waals surface area (Å²) in [6.45, 7) is -0.181. The van der Waals surface area contributed by atoms with Gasteiger partial charge in [0.05, 0.1) is 13.7 Å². The van der Waals surface area contributed by atoms with E-state index in [9.17, 15) is 18.4 Å². The number of anilines is 1. The van der Waals surface area contributed by atoms with Crippen LogP contribution in [-0.2, 0) is 11.3 Å². The highest BCUT2D eigenvalue weighted by atomic mass is 19.2. The molecule has 2 aromatic carbocycles. The average Bonchev–Trinajstić information content (AvgIpc) is 2.80. The van der Waals surface area contributed by atoms with Gasteiger partial charge in [-0.25, -0.2) is 18.6 Å². The van der Waals surface area contributed by atoms with Crippen molar-refractivity contribution >= 4 is 17.6 Å². The summed E-state index contributed by atoms with van der Waals surface area (Å²) in [4.78, 5) is 27.9. The Hall–Kier alpha value is -4.21. The maximum absolute atomic E-state index is 13.1. The molecule has 3 aromatic rings. The molecule has 0 aliphatic carbocycles. The molecule has 0 saturated heterocycles. The number of nitrogens with one attached hydrogen (secondary N) is 3. The quantitative estimate of drug-likeness (QED) is 0.495. The van der Waals surface area contributed by atoms with Crippen molar-refractivity contribution in [3.05, 3.63) is 78.0 Å². The van der Waals surface area contributed by atoms with Gasteiger partial charge in [-0.15, -0.1) is 0 Å². The van der Waals surface area contributed by atoms with Crippen LogP contribution in [0.1, 0.15) is 5.56 Å². The maximum atomic E-state index is 13.1. The third kappa shape index (κ3) is 6.66. The number of carbonyl (C=O) groups is 2. The van der Waals surface area contributed by atoms with Crippen LogP contribution in [0, 0.1) is 11.6 Å². The summed E-state index contributed by atoms with van der Waals surface area (Å²) in [6.07, 6.45) is 1.55. The lowest BCUT2D eigenvalue weighted by molar-refractivity contribution is -0.115. The van der Waals surface area contributed by atoms with E-state index in [-0.39, 0.29) is 18.8 Å². The number of hydrogen-bond donors (Lipinski definition) is 3. The van der Waals surface area contributed by atoms with Crippen molar-refractivity contribution in [1.82, 2.24) is 15.6 Å². The zero-order valence-corrected chi connectivity index (χ0v) is 17.0. The zero-order valence-electron chi connectivity index (χ0n) is 17.0. The highest BCUT2D eigenvalue weighted by Crippen LogP contribution is 2.23. The molecule has 1 aromatic heterocycles. The number of amides is 3. The first-order valence-corrected chi connectivity index (χ1v) is 9.46. The SMILES string of the molecule is COc1cccc(Oc2ccc(CNC(=O)NCC(=O)Nc3ccc(F)c(F)c3)cn2)c1. The van der Waals surface area contributed by atoms with Crippen molar-refractivity contribution in [2.24, 2.45) is 0 Å². The van der Waals surface area contributed by atoms with Crippen LogP contribution in [0.5, 0.6) is 17.4 Å². The molecule has 166 valence electrons. The molecule has 3 rings (SSSR count). The van der Waals surface area contributed by atoms with Gasteiger partial charge in [0, 0.05) is 36.6 Å². The third-order valence-electron chi connectivity index (χ3n) is 4.13. The second kappa shape index (κ2) is 10.7. The second-order valence-corrected chi connectivity index (χ2v) is 6.50. The van der Waals surface area contributed by atoms with Gasteiger partial charge in [-0.05, 0) is 29.8 Å². The van der Waals surface area contributed by atoms with Gasteiger partial charge < -0.3 is 25.4 Å². The summed E-state index contributed by atoms with van der Waals surface area (Å²) in [6, 6.07) is 12.9. The fourth-order valence-corrected chi connectivity index (χ4v) is 2.55. The molecular weight excluding hydrogens is 422 g/mol. The molecule has 0 aliphatic heterocycles. The molecular formula is C22H20F2N4O4. The van der Waals surface area contributed by atoms with Gasteiger partial charge in [0.25, 0.3) is 0 Å². The van der Waals surface area contributed by atoms with E-state index in [1.165, 1.54) is 6.07 Å². The Kier molecular flexibility index (Phi) is 7.52. The summed E-state index contributed by atoms with van der Waals surface area (Å²) in [5, 5.41) is 7.30. The van der Waals surface area contributed by atoms with Crippen LogP contribution in [0.25, 0.3) is 0 Å². The molecule has 0 radical (unpaired) electrons. The molecule has 1 heterocycles. The first-order valence-electron chi connectivity index (χ1n) is 9.46. The smallest absolute Gasteiger partial charge is 0.315 e. The van der Waals surface area contributed by atoms with Gasteiger partial charge in [0.15, 0.2) is 11.6 Å². The summed E-state index contributed by atoms with van der Waals surface area (Å²) >= 11 is 0. The van der Waals surface area contributed by atoms with Gasteiger partial charge >= 0.3 is 6.03 Å². The number of nitrogens with zero attached hydrogens (tertiary/aromatic N) is 1. The summed E-state index contributed by atoms with van der Waals surface area (Å²) < 4.78 is 36.8. The molecule has 0 saturated carbocycles. The van der Waals surface area contributed by atoms with Crippen LogP contribution in [0.4, 0.5) is 19.3 Å². The van der Waals surface area contributed by atoms with E-state index < -0.39 is 23.6 Å². The Labute approximate surface area is 182 Å². The van der Waals surface area contributed by atoms with Crippen LogP contribution in [-0.4, -0.2) is 30.6 Å². The van der Waals surface area contributed by atoms with Gasteiger partial charge in [-0.2, -0.15) is 0 Å². The Morgan fingerprint density at radius 1 is 0.969 bits per heavy atom. The predicted molar refractivity (Wildman–Crippen MR) is 113 cm³/mol. The van der Waals surface area contributed by atoms with Crippen molar-refractivity contribution in [3.8, 4) is 17.4 Å². The minimum atomic E-state index is -1.08. The third-order valence-corrected chi connectivity index (χ3v) is 4.13. The maximum Gasteiger partial charge on any atom is 0.315 e. The minimum Gasteiger partial charge on any atom is -0.497 e. The molecule has 3 amide bonds. The lowest BCUT2D eigenvalue weighted by atomic mass is 10.3.